The van der Waals surface area contributed by atoms with Crippen LogP contribution in [-0.4, -0.2) is 41.2 Å². The summed E-state index contributed by atoms with van der Waals surface area (Å²) in [6.45, 7) is 6.42. The number of pyridine rings is 1. The normalized spacial score (nSPS) is 25.9. The van der Waals surface area contributed by atoms with Crippen molar-refractivity contribution in [3.8, 4) is 5.88 Å². The molecule has 1 aromatic heterocycles. The standard InChI is InChI=1S/C16H26N4O/c1-11(2)21-16-12(17)6-7-15(19-16)18-13-8-10-20-9-4-3-5-14(13)20/h6-7,11,13-14H,3-5,8-10,17H2,1-2H3,(H,18,19). The van der Waals surface area contributed by atoms with E-state index in [1.54, 1.807) is 0 Å². The van der Waals surface area contributed by atoms with Gasteiger partial charge in [-0.2, -0.15) is 4.98 Å². The van der Waals surface area contributed by atoms with Gasteiger partial charge in [0.15, 0.2) is 0 Å². The van der Waals surface area contributed by atoms with E-state index >= 15 is 0 Å². The maximum atomic E-state index is 5.93. The van der Waals surface area contributed by atoms with Crippen LogP contribution in [0.2, 0.25) is 0 Å². The van der Waals surface area contributed by atoms with Crippen molar-refractivity contribution < 1.29 is 4.74 Å². The molecule has 5 nitrogen and oxygen atoms in total. The summed E-state index contributed by atoms with van der Waals surface area (Å²) in [5.74, 6) is 1.41. The summed E-state index contributed by atoms with van der Waals surface area (Å²) in [6.07, 6.45) is 5.25. The molecule has 2 saturated heterocycles. The van der Waals surface area contributed by atoms with Crippen LogP contribution in [0.3, 0.4) is 0 Å². The van der Waals surface area contributed by atoms with Crippen molar-refractivity contribution >= 4 is 11.5 Å². The minimum atomic E-state index is 0.0790. The first kappa shape index (κ1) is 14.4. The predicted molar refractivity (Wildman–Crippen MR) is 85.7 cm³/mol. The first-order chi connectivity index (χ1) is 10.1. The molecule has 2 aliphatic rings. The first-order valence-corrected chi connectivity index (χ1v) is 8.07. The van der Waals surface area contributed by atoms with Crippen molar-refractivity contribution in [2.45, 2.75) is 57.7 Å². The fourth-order valence-electron chi connectivity index (χ4n) is 3.45. The zero-order valence-electron chi connectivity index (χ0n) is 13.0. The average molecular weight is 290 g/mol. The maximum absolute atomic E-state index is 5.93. The number of nitrogens with one attached hydrogen (secondary N) is 1. The molecule has 5 heteroatoms. The van der Waals surface area contributed by atoms with E-state index in [0.29, 0.717) is 23.7 Å². The second-order valence-corrected chi connectivity index (χ2v) is 6.40. The van der Waals surface area contributed by atoms with Gasteiger partial charge in [-0.05, 0) is 51.8 Å². The third kappa shape index (κ3) is 3.23. The monoisotopic (exact) mass is 290 g/mol. The molecule has 0 saturated carbocycles. The fraction of sp³-hybridized carbons (Fsp3) is 0.688. The number of hydrogen-bond acceptors (Lipinski definition) is 5. The molecule has 0 bridgehead atoms. The van der Waals surface area contributed by atoms with Gasteiger partial charge in [-0.25, -0.2) is 0 Å². The van der Waals surface area contributed by atoms with Crippen LogP contribution in [0.4, 0.5) is 11.5 Å². The Bertz CT molecular complexity index is 491. The summed E-state index contributed by atoms with van der Waals surface area (Å²) in [5.41, 5.74) is 6.53. The molecule has 21 heavy (non-hydrogen) atoms. The van der Waals surface area contributed by atoms with Crippen LogP contribution in [-0.2, 0) is 0 Å². The molecule has 0 aromatic carbocycles. The lowest BCUT2D eigenvalue weighted by atomic mass is 9.99. The van der Waals surface area contributed by atoms with Crippen molar-refractivity contribution in [3.63, 3.8) is 0 Å². The van der Waals surface area contributed by atoms with Gasteiger partial charge in [0.05, 0.1) is 11.8 Å². The molecular formula is C16H26N4O. The molecule has 2 atom stereocenters. The minimum Gasteiger partial charge on any atom is -0.473 e. The van der Waals surface area contributed by atoms with Crippen LogP contribution in [0.5, 0.6) is 5.88 Å². The lowest BCUT2D eigenvalue weighted by Gasteiger charge is -2.32. The Balaban J connectivity index is 1.70. The van der Waals surface area contributed by atoms with Crippen LogP contribution < -0.4 is 15.8 Å². The number of nitrogens with zero attached hydrogens (tertiary/aromatic N) is 2. The number of nitrogen functional groups attached to an aromatic ring is 1. The number of nitrogens with two attached hydrogens (primary N) is 1. The number of rotatable bonds is 4. The Morgan fingerprint density at radius 3 is 2.95 bits per heavy atom. The Morgan fingerprint density at radius 2 is 2.14 bits per heavy atom. The molecule has 3 N–H and O–H groups in total. The molecule has 3 heterocycles. The Labute approximate surface area is 126 Å². The Kier molecular flexibility index (Phi) is 4.19. The van der Waals surface area contributed by atoms with Gasteiger partial charge in [0.1, 0.15) is 5.82 Å². The van der Waals surface area contributed by atoms with E-state index in [9.17, 15) is 0 Å². The van der Waals surface area contributed by atoms with Crippen molar-refractivity contribution in [1.82, 2.24) is 9.88 Å². The van der Waals surface area contributed by atoms with Crippen molar-refractivity contribution in [2.75, 3.05) is 24.1 Å². The highest BCUT2D eigenvalue weighted by Crippen LogP contribution is 2.30. The summed E-state index contributed by atoms with van der Waals surface area (Å²) < 4.78 is 5.67. The molecule has 2 unspecified atom stereocenters. The highest BCUT2D eigenvalue weighted by atomic mass is 16.5. The molecule has 0 spiro atoms. The van der Waals surface area contributed by atoms with E-state index in [1.165, 1.54) is 38.8 Å². The minimum absolute atomic E-state index is 0.0790. The first-order valence-electron chi connectivity index (χ1n) is 8.07. The number of fused-ring (bicyclic) bond motifs is 1. The van der Waals surface area contributed by atoms with Gasteiger partial charge in [-0.1, -0.05) is 6.42 Å². The molecule has 0 radical (unpaired) electrons. The molecule has 1 aromatic rings. The zero-order valence-corrected chi connectivity index (χ0v) is 13.0. The van der Waals surface area contributed by atoms with E-state index in [2.05, 4.69) is 15.2 Å². The van der Waals surface area contributed by atoms with Gasteiger partial charge in [0, 0.05) is 18.6 Å². The van der Waals surface area contributed by atoms with Gasteiger partial charge in [-0.15, -0.1) is 0 Å². The van der Waals surface area contributed by atoms with Crippen LogP contribution in [0.25, 0.3) is 0 Å². The maximum Gasteiger partial charge on any atom is 0.239 e. The van der Waals surface area contributed by atoms with E-state index in [-0.39, 0.29) is 6.10 Å². The number of piperidine rings is 1. The Hall–Kier alpha value is -1.49. The topological polar surface area (TPSA) is 63.4 Å². The summed E-state index contributed by atoms with van der Waals surface area (Å²) in [6, 6.07) is 4.98. The van der Waals surface area contributed by atoms with Crippen LogP contribution in [0, 0.1) is 0 Å². The molecule has 3 rings (SSSR count). The second-order valence-electron chi connectivity index (χ2n) is 6.40. The molecule has 0 aliphatic carbocycles. The highest BCUT2D eigenvalue weighted by molar-refractivity contribution is 5.54. The van der Waals surface area contributed by atoms with Crippen molar-refractivity contribution in [3.05, 3.63) is 12.1 Å². The van der Waals surface area contributed by atoms with Crippen molar-refractivity contribution in [1.29, 1.82) is 0 Å². The highest BCUT2D eigenvalue weighted by Gasteiger charge is 2.35. The Morgan fingerprint density at radius 1 is 1.29 bits per heavy atom. The zero-order chi connectivity index (χ0) is 14.8. The third-order valence-corrected chi connectivity index (χ3v) is 4.43. The fourth-order valence-corrected chi connectivity index (χ4v) is 3.45. The number of ether oxygens (including phenoxy) is 1. The van der Waals surface area contributed by atoms with Gasteiger partial charge < -0.3 is 15.8 Å². The molecule has 116 valence electrons. The van der Waals surface area contributed by atoms with Gasteiger partial charge in [0.25, 0.3) is 0 Å². The SMILES string of the molecule is CC(C)Oc1nc(NC2CCN3CCCCC23)ccc1N. The molecular weight excluding hydrogens is 264 g/mol. The summed E-state index contributed by atoms with van der Waals surface area (Å²) in [5, 5.41) is 3.59. The van der Waals surface area contributed by atoms with E-state index in [0.717, 1.165) is 5.82 Å². The van der Waals surface area contributed by atoms with Gasteiger partial charge in [0.2, 0.25) is 5.88 Å². The van der Waals surface area contributed by atoms with Gasteiger partial charge in [-0.3, -0.25) is 4.90 Å². The largest absolute Gasteiger partial charge is 0.473 e. The lowest BCUT2D eigenvalue weighted by molar-refractivity contribution is 0.192. The van der Waals surface area contributed by atoms with Crippen LogP contribution in [0.15, 0.2) is 12.1 Å². The smallest absolute Gasteiger partial charge is 0.239 e. The number of aromatic nitrogens is 1. The predicted octanol–water partition coefficient (Wildman–Crippen LogP) is 2.49. The summed E-state index contributed by atoms with van der Waals surface area (Å²) >= 11 is 0. The summed E-state index contributed by atoms with van der Waals surface area (Å²) in [7, 11) is 0. The van der Waals surface area contributed by atoms with Crippen LogP contribution in [0.1, 0.15) is 39.5 Å². The average Bonchev–Trinajstić information content (AvgIpc) is 2.85. The number of anilines is 2. The molecule has 2 fully saturated rings. The summed E-state index contributed by atoms with van der Waals surface area (Å²) in [4.78, 5) is 7.15. The van der Waals surface area contributed by atoms with E-state index < -0.39 is 0 Å². The van der Waals surface area contributed by atoms with Crippen LogP contribution >= 0.6 is 0 Å². The quantitative estimate of drug-likeness (QED) is 0.892. The molecule has 2 aliphatic heterocycles. The second kappa shape index (κ2) is 6.10. The van der Waals surface area contributed by atoms with Gasteiger partial charge >= 0.3 is 0 Å². The van der Waals surface area contributed by atoms with E-state index in [1.807, 2.05) is 26.0 Å². The number of hydrogen-bond donors (Lipinski definition) is 2. The third-order valence-electron chi connectivity index (χ3n) is 4.43. The molecule has 0 amide bonds. The van der Waals surface area contributed by atoms with Crippen molar-refractivity contribution in [2.24, 2.45) is 0 Å². The van der Waals surface area contributed by atoms with E-state index in [4.69, 9.17) is 10.5 Å². The lowest BCUT2D eigenvalue weighted by Crippen LogP contribution is -2.41.